The number of hydrogen-bond donors (Lipinski definition) is 0. The fourth-order valence-corrected chi connectivity index (χ4v) is 3.52. The number of nitrogens with zero attached hydrogens (tertiary/aromatic N) is 2. The minimum absolute atomic E-state index is 0.174. The minimum atomic E-state index is -3.65. The Labute approximate surface area is 114 Å². The van der Waals surface area contributed by atoms with E-state index < -0.39 is 10.0 Å². The van der Waals surface area contributed by atoms with Gasteiger partial charge in [0.25, 0.3) is 0 Å². The first-order chi connectivity index (χ1) is 8.77. The Bertz CT molecular complexity index is 630. The first-order valence-electron chi connectivity index (χ1n) is 5.75. The summed E-state index contributed by atoms with van der Waals surface area (Å²) in [5, 5.41) is 8.65. The number of rotatable bonds is 4. The van der Waals surface area contributed by atoms with Crippen LogP contribution in [0.5, 0.6) is 5.75 Å². The van der Waals surface area contributed by atoms with Crippen molar-refractivity contribution in [2.75, 3.05) is 20.7 Å². The SMILES string of the molecule is COc1cc(C)c(S(=O)(=O)N(C)CC#N)c(C)c1C. The molecule has 19 heavy (non-hydrogen) atoms. The number of hydrogen-bond acceptors (Lipinski definition) is 4. The molecule has 0 fully saturated rings. The molecule has 1 aromatic carbocycles. The van der Waals surface area contributed by atoms with Gasteiger partial charge >= 0.3 is 0 Å². The summed E-state index contributed by atoms with van der Waals surface area (Å²) in [6.07, 6.45) is 0. The molecule has 5 nitrogen and oxygen atoms in total. The van der Waals surface area contributed by atoms with E-state index in [1.165, 1.54) is 7.05 Å². The number of nitriles is 1. The van der Waals surface area contributed by atoms with Gasteiger partial charge in [-0.15, -0.1) is 0 Å². The number of ether oxygens (including phenoxy) is 1. The van der Waals surface area contributed by atoms with Crippen molar-refractivity contribution in [2.24, 2.45) is 0 Å². The number of aryl methyl sites for hydroxylation is 1. The van der Waals surface area contributed by atoms with Gasteiger partial charge in [0.15, 0.2) is 0 Å². The molecule has 0 heterocycles. The van der Waals surface area contributed by atoms with Crippen LogP contribution in [0, 0.1) is 32.1 Å². The van der Waals surface area contributed by atoms with E-state index in [1.807, 2.05) is 13.0 Å². The van der Waals surface area contributed by atoms with Gasteiger partial charge in [-0.2, -0.15) is 9.57 Å². The first-order valence-corrected chi connectivity index (χ1v) is 7.19. The standard InChI is InChI=1S/C13H18N2O3S/c1-9-8-12(18-5)10(2)11(3)13(9)19(16,17)15(4)7-6-14/h8H,7H2,1-5H3. The Morgan fingerprint density at radius 3 is 2.37 bits per heavy atom. The highest BCUT2D eigenvalue weighted by molar-refractivity contribution is 7.89. The lowest BCUT2D eigenvalue weighted by Gasteiger charge is -2.20. The zero-order valence-electron chi connectivity index (χ0n) is 11.8. The average molecular weight is 282 g/mol. The Kier molecular flexibility index (Phi) is 4.56. The second-order valence-corrected chi connectivity index (χ2v) is 6.38. The van der Waals surface area contributed by atoms with Crippen LogP contribution in [0.15, 0.2) is 11.0 Å². The lowest BCUT2D eigenvalue weighted by Crippen LogP contribution is -2.28. The van der Waals surface area contributed by atoms with E-state index >= 15 is 0 Å². The summed E-state index contributed by atoms with van der Waals surface area (Å²) in [4.78, 5) is 0.253. The molecule has 0 aliphatic heterocycles. The first kappa shape index (κ1) is 15.5. The lowest BCUT2D eigenvalue weighted by atomic mass is 10.1. The van der Waals surface area contributed by atoms with E-state index in [1.54, 1.807) is 27.0 Å². The van der Waals surface area contributed by atoms with E-state index in [0.29, 0.717) is 16.9 Å². The van der Waals surface area contributed by atoms with Gasteiger partial charge in [0.2, 0.25) is 10.0 Å². The highest BCUT2D eigenvalue weighted by Crippen LogP contribution is 2.31. The third kappa shape index (κ3) is 2.72. The molecule has 0 unspecified atom stereocenters. The second-order valence-electron chi connectivity index (χ2n) is 4.39. The molecule has 0 spiro atoms. The molecule has 0 radical (unpaired) electrons. The summed E-state index contributed by atoms with van der Waals surface area (Å²) in [6.45, 7) is 5.11. The van der Waals surface area contributed by atoms with Crippen LogP contribution in [0.4, 0.5) is 0 Å². The van der Waals surface area contributed by atoms with Crippen LogP contribution >= 0.6 is 0 Å². The average Bonchev–Trinajstić information content (AvgIpc) is 2.33. The fraction of sp³-hybridized carbons (Fsp3) is 0.462. The van der Waals surface area contributed by atoms with Gasteiger partial charge < -0.3 is 4.74 Å². The molecule has 0 saturated carbocycles. The van der Waals surface area contributed by atoms with Crippen LogP contribution in [-0.2, 0) is 10.0 Å². The van der Waals surface area contributed by atoms with Crippen molar-refractivity contribution in [2.45, 2.75) is 25.7 Å². The van der Waals surface area contributed by atoms with Crippen molar-refractivity contribution < 1.29 is 13.2 Å². The molecule has 0 atom stereocenters. The van der Waals surface area contributed by atoms with Gasteiger partial charge in [-0.1, -0.05) is 0 Å². The smallest absolute Gasteiger partial charge is 0.244 e. The summed E-state index contributed by atoms with van der Waals surface area (Å²) >= 11 is 0. The Hall–Kier alpha value is -1.58. The summed E-state index contributed by atoms with van der Waals surface area (Å²) < 4.78 is 31.2. The van der Waals surface area contributed by atoms with Crippen LogP contribution < -0.4 is 4.74 Å². The van der Waals surface area contributed by atoms with Gasteiger partial charge in [-0.25, -0.2) is 8.42 Å². The molecule has 0 amide bonds. The molecule has 104 valence electrons. The van der Waals surface area contributed by atoms with Crippen LogP contribution in [-0.4, -0.2) is 33.4 Å². The van der Waals surface area contributed by atoms with E-state index in [0.717, 1.165) is 9.87 Å². The largest absolute Gasteiger partial charge is 0.496 e. The number of sulfonamides is 1. The Balaban J connectivity index is 3.53. The quantitative estimate of drug-likeness (QED) is 0.789. The maximum absolute atomic E-state index is 12.4. The molecule has 1 aromatic rings. The normalized spacial score (nSPS) is 11.4. The topological polar surface area (TPSA) is 70.4 Å². The molecule has 0 aliphatic carbocycles. The van der Waals surface area contributed by atoms with Crippen molar-refractivity contribution in [3.63, 3.8) is 0 Å². The lowest BCUT2D eigenvalue weighted by molar-refractivity contribution is 0.410. The number of benzene rings is 1. The molecule has 0 N–H and O–H groups in total. The highest BCUT2D eigenvalue weighted by atomic mass is 32.2. The van der Waals surface area contributed by atoms with Crippen molar-refractivity contribution in [3.8, 4) is 11.8 Å². The summed E-state index contributed by atoms with van der Waals surface area (Å²) in [7, 11) is -0.702. The molecule has 0 bridgehead atoms. The molecule has 0 aliphatic rings. The molecule has 6 heteroatoms. The van der Waals surface area contributed by atoms with Crippen molar-refractivity contribution in [1.29, 1.82) is 5.26 Å². The van der Waals surface area contributed by atoms with Crippen molar-refractivity contribution in [3.05, 3.63) is 22.8 Å². The Morgan fingerprint density at radius 2 is 1.89 bits per heavy atom. The van der Waals surface area contributed by atoms with E-state index in [2.05, 4.69) is 0 Å². The predicted octanol–water partition coefficient (Wildman–Crippen LogP) is 1.76. The van der Waals surface area contributed by atoms with E-state index in [9.17, 15) is 8.42 Å². The molecule has 1 rings (SSSR count). The maximum atomic E-state index is 12.4. The summed E-state index contributed by atoms with van der Waals surface area (Å²) in [5.74, 6) is 0.664. The van der Waals surface area contributed by atoms with Gasteiger partial charge in [-0.05, 0) is 43.5 Å². The predicted molar refractivity (Wildman–Crippen MR) is 72.6 cm³/mol. The van der Waals surface area contributed by atoms with Crippen molar-refractivity contribution >= 4 is 10.0 Å². The van der Waals surface area contributed by atoms with E-state index in [4.69, 9.17) is 10.00 Å². The van der Waals surface area contributed by atoms with Crippen LogP contribution in [0.2, 0.25) is 0 Å². The van der Waals surface area contributed by atoms with E-state index in [-0.39, 0.29) is 11.4 Å². The molecular formula is C13H18N2O3S. The zero-order chi connectivity index (χ0) is 14.8. The van der Waals surface area contributed by atoms with Gasteiger partial charge in [0, 0.05) is 7.05 Å². The summed E-state index contributed by atoms with van der Waals surface area (Å²) in [5.41, 5.74) is 2.06. The molecule has 0 saturated heterocycles. The monoisotopic (exact) mass is 282 g/mol. The van der Waals surface area contributed by atoms with Gasteiger partial charge in [0.05, 0.1) is 18.1 Å². The third-order valence-electron chi connectivity index (χ3n) is 3.16. The highest BCUT2D eigenvalue weighted by Gasteiger charge is 2.26. The summed E-state index contributed by atoms with van der Waals surface area (Å²) in [6, 6.07) is 3.55. The molecular weight excluding hydrogens is 264 g/mol. The minimum Gasteiger partial charge on any atom is -0.496 e. The number of methoxy groups -OCH3 is 1. The second kappa shape index (κ2) is 5.59. The maximum Gasteiger partial charge on any atom is 0.244 e. The van der Waals surface area contributed by atoms with Crippen LogP contribution in [0.1, 0.15) is 16.7 Å². The Morgan fingerprint density at radius 1 is 1.32 bits per heavy atom. The van der Waals surface area contributed by atoms with Crippen LogP contribution in [0.3, 0.4) is 0 Å². The zero-order valence-corrected chi connectivity index (χ0v) is 12.6. The van der Waals surface area contributed by atoms with Crippen LogP contribution in [0.25, 0.3) is 0 Å². The van der Waals surface area contributed by atoms with Gasteiger partial charge in [-0.3, -0.25) is 0 Å². The van der Waals surface area contributed by atoms with Gasteiger partial charge in [0.1, 0.15) is 12.3 Å². The van der Waals surface area contributed by atoms with Crippen molar-refractivity contribution in [1.82, 2.24) is 4.31 Å². The third-order valence-corrected chi connectivity index (χ3v) is 5.25. The molecule has 0 aromatic heterocycles. The fourth-order valence-electron chi connectivity index (χ4n) is 1.97.